The van der Waals surface area contributed by atoms with E-state index >= 15 is 0 Å². The molecular formula is C20H21N3O6S. The highest BCUT2D eigenvalue weighted by Crippen LogP contribution is 2.39. The third-order valence-corrected chi connectivity index (χ3v) is 5.40. The Labute approximate surface area is 174 Å². The second kappa shape index (κ2) is 8.17. The number of nitrogens with two attached hydrogens (primary N) is 1. The number of ether oxygens (including phenoxy) is 3. The predicted molar refractivity (Wildman–Crippen MR) is 112 cm³/mol. The maximum absolute atomic E-state index is 12.9. The molecule has 0 bridgehead atoms. The molecule has 30 heavy (non-hydrogen) atoms. The second-order valence-electron chi connectivity index (χ2n) is 6.36. The molecule has 0 fully saturated rings. The molecule has 0 atom stereocenters. The molecule has 3 rings (SSSR count). The smallest absolute Gasteiger partial charge is 0.280 e. The maximum Gasteiger partial charge on any atom is 0.280 e. The summed E-state index contributed by atoms with van der Waals surface area (Å²) in [6.45, 7) is 1.71. The van der Waals surface area contributed by atoms with Crippen molar-refractivity contribution in [3.8, 4) is 17.2 Å². The number of amides is 1. The normalized spacial score (nSPS) is 15.4. The molecular weight excluding hydrogens is 410 g/mol. The lowest BCUT2D eigenvalue weighted by molar-refractivity contribution is -0.114. The van der Waals surface area contributed by atoms with E-state index < -0.39 is 10.0 Å². The van der Waals surface area contributed by atoms with Gasteiger partial charge in [-0.05, 0) is 55.0 Å². The number of hydrogen-bond donors (Lipinski definition) is 1. The molecule has 0 saturated carbocycles. The second-order valence-corrected chi connectivity index (χ2v) is 7.92. The summed E-state index contributed by atoms with van der Waals surface area (Å²) in [5.41, 5.74) is 1.96. The zero-order chi connectivity index (χ0) is 22.1. The van der Waals surface area contributed by atoms with E-state index in [4.69, 9.17) is 19.3 Å². The molecule has 0 radical (unpaired) electrons. The van der Waals surface area contributed by atoms with Crippen LogP contribution in [0.15, 0.2) is 52.0 Å². The number of anilines is 1. The summed E-state index contributed by atoms with van der Waals surface area (Å²) in [6, 6.07) is 9.03. The Kier molecular flexibility index (Phi) is 5.81. The first-order valence-corrected chi connectivity index (χ1v) is 10.3. The lowest BCUT2D eigenvalue weighted by Gasteiger charge is -2.13. The van der Waals surface area contributed by atoms with Gasteiger partial charge in [-0.25, -0.2) is 13.6 Å². The maximum atomic E-state index is 12.9. The Morgan fingerprint density at radius 1 is 1.00 bits per heavy atom. The van der Waals surface area contributed by atoms with E-state index in [0.29, 0.717) is 39.8 Å². The zero-order valence-electron chi connectivity index (χ0n) is 16.9. The highest BCUT2D eigenvalue weighted by molar-refractivity contribution is 7.89. The van der Waals surface area contributed by atoms with E-state index in [2.05, 4.69) is 5.10 Å². The van der Waals surface area contributed by atoms with Crippen molar-refractivity contribution in [1.82, 2.24) is 0 Å². The molecule has 0 unspecified atom stereocenters. The highest BCUT2D eigenvalue weighted by Gasteiger charge is 2.29. The summed E-state index contributed by atoms with van der Waals surface area (Å²) in [6.07, 6.45) is 1.67. The average Bonchev–Trinajstić information content (AvgIpc) is 3.00. The monoisotopic (exact) mass is 431 g/mol. The van der Waals surface area contributed by atoms with Gasteiger partial charge in [0.15, 0.2) is 11.5 Å². The molecule has 0 spiro atoms. The van der Waals surface area contributed by atoms with Gasteiger partial charge in [-0.15, -0.1) is 0 Å². The van der Waals surface area contributed by atoms with Crippen molar-refractivity contribution >= 4 is 33.4 Å². The molecule has 2 aromatic carbocycles. The molecule has 1 aliphatic rings. The number of hydrogen-bond acceptors (Lipinski definition) is 7. The van der Waals surface area contributed by atoms with Crippen LogP contribution < -0.4 is 24.4 Å². The van der Waals surface area contributed by atoms with Crippen molar-refractivity contribution < 1.29 is 27.4 Å². The van der Waals surface area contributed by atoms with Gasteiger partial charge in [0, 0.05) is 0 Å². The molecule has 1 amide bonds. The van der Waals surface area contributed by atoms with E-state index in [1.54, 1.807) is 25.1 Å². The van der Waals surface area contributed by atoms with Crippen LogP contribution in [0.2, 0.25) is 0 Å². The van der Waals surface area contributed by atoms with Crippen molar-refractivity contribution in [3.05, 3.63) is 47.5 Å². The lowest BCUT2D eigenvalue weighted by Crippen LogP contribution is -2.21. The van der Waals surface area contributed by atoms with Crippen molar-refractivity contribution in [2.45, 2.75) is 11.8 Å². The van der Waals surface area contributed by atoms with Gasteiger partial charge in [0.25, 0.3) is 5.91 Å². The summed E-state index contributed by atoms with van der Waals surface area (Å²) in [7, 11) is 0.703. The van der Waals surface area contributed by atoms with Crippen LogP contribution in [0.4, 0.5) is 5.69 Å². The van der Waals surface area contributed by atoms with Gasteiger partial charge < -0.3 is 14.2 Å². The van der Waals surface area contributed by atoms with Gasteiger partial charge in [0.2, 0.25) is 15.8 Å². The van der Waals surface area contributed by atoms with Crippen LogP contribution in [0, 0.1) is 0 Å². The van der Waals surface area contributed by atoms with Crippen molar-refractivity contribution in [2.75, 3.05) is 26.3 Å². The quantitative estimate of drug-likeness (QED) is 0.700. The van der Waals surface area contributed by atoms with Crippen LogP contribution in [0.1, 0.15) is 12.5 Å². The van der Waals surface area contributed by atoms with Crippen LogP contribution in [-0.2, 0) is 14.8 Å². The van der Waals surface area contributed by atoms with Crippen LogP contribution in [0.5, 0.6) is 17.2 Å². The number of carbonyl (C=O) groups excluding carboxylic acids is 1. The van der Waals surface area contributed by atoms with E-state index in [-0.39, 0.29) is 10.8 Å². The van der Waals surface area contributed by atoms with Crippen molar-refractivity contribution in [3.63, 3.8) is 0 Å². The van der Waals surface area contributed by atoms with Crippen molar-refractivity contribution in [1.29, 1.82) is 0 Å². The third-order valence-electron chi connectivity index (χ3n) is 4.47. The fourth-order valence-electron chi connectivity index (χ4n) is 2.99. The Balaban J connectivity index is 1.97. The third kappa shape index (κ3) is 4.00. The van der Waals surface area contributed by atoms with Crippen LogP contribution in [-0.4, -0.2) is 41.4 Å². The minimum absolute atomic E-state index is 0.0493. The Hall–Kier alpha value is -3.37. The summed E-state index contributed by atoms with van der Waals surface area (Å²) >= 11 is 0. The van der Waals surface area contributed by atoms with Crippen LogP contribution >= 0.6 is 0 Å². The molecule has 1 heterocycles. The van der Waals surface area contributed by atoms with Gasteiger partial charge in [0.1, 0.15) is 0 Å². The Morgan fingerprint density at radius 3 is 2.03 bits per heavy atom. The number of hydrazone groups is 1. The first-order chi connectivity index (χ1) is 14.2. The van der Waals surface area contributed by atoms with Crippen LogP contribution in [0.3, 0.4) is 0 Å². The standard InChI is InChI=1S/C20H21N3O6S/c1-12-16(9-13-10-17(27-2)19(29-4)18(11-13)28-3)20(24)23(22-12)14-5-7-15(8-6-14)30(21,25)26/h5-11H,1-4H3,(H2,21,25,26). The number of sulfonamides is 1. The van der Waals surface area contributed by atoms with Gasteiger partial charge in [-0.3, -0.25) is 4.79 Å². The first-order valence-electron chi connectivity index (χ1n) is 8.74. The average molecular weight is 431 g/mol. The summed E-state index contributed by atoms with van der Waals surface area (Å²) < 4.78 is 38.8. The topological polar surface area (TPSA) is 121 Å². The van der Waals surface area contributed by atoms with Crippen LogP contribution in [0.25, 0.3) is 6.08 Å². The SMILES string of the molecule is COc1cc(C=C2C(=O)N(c3ccc(S(N)(=O)=O)cc3)N=C2C)cc(OC)c1OC. The lowest BCUT2D eigenvalue weighted by atomic mass is 10.1. The number of methoxy groups -OCH3 is 3. The Morgan fingerprint density at radius 2 is 1.57 bits per heavy atom. The molecule has 158 valence electrons. The molecule has 0 aromatic heterocycles. The fraction of sp³-hybridized carbons (Fsp3) is 0.200. The summed E-state index contributed by atoms with van der Waals surface area (Å²) in [4.78, 5) is 12.9. The van der Waals surface area contributed by atoms with E-state index in [9.17, 15) is 13.2 Å². The number of primary sulfonamides is 1. The van der Waals surface area contributed by atoms with Crippen molar-refractivity contribution in [2.24, 2.45) is 10.2 Å². The molecule has 2 aromatic rings. The largest absolute Gasteiger partial charge is 0.493 e. The molecule has 0 aliphatic carbocycles. The molecule has 0 saturated heterocycles. The number of rotatable bonds is 6. The number of carbonyl (C=O) groups is 1. The minimum atomic E-state index is -3.82. The molecule has 9 nitrogen and oxygen atoms in total. The van der Waals surface area contributed by atoms with E-state index in [1.807, 2.05) is 0 Å². The van der Waals surface area contributed by atoms with E-state index in [0.717, 1.165) is 0 Å². The summed E-state index contributed by atoms with van der Waals surface area (Å²) in [5.74, 6) is 1.00. The summed E-state index contributed by atoms with van der Waals surface area (Å²) in [5, 5.41) is 10.6. The van der Waals surface area contributed by atoms with Gasteiger partial charge >= 0.3 is 0 Å². The molecule has 1 aliphatic heterocycles. The van der Waals surface area contributed by atoms with Gasteiger partial charge in [-0.1, -0.05) is 0 Å². The number of nitrogens with zero attached hydrogens (tertiary/aromatic N) is 2. The Bertz CT molecular complexity index is 1130. The zero-order valence-corrected chi connectivity index (χ0v) is 17.7. The van der Waals surface area contributed by atoms with Gasteiger partial charge in [-0.2, -0.15) is 10.1 Å². The fourth-order valence-corrected chi connectivity index (χ4v) is 3.50. The van der Waals surface area contributed by atoms with E-state index in [1.165, 1.54) is 50.6 Å². The minimum Gasteiger partial charge on any atom is -0.493 e. The number of benzene rings is 2. The highest BCUT2D eigenvalue weighted by atomic mass is 32.2. The predicted octanol–water partition coefficient (Wildman–Crippen LogP) is 2.17. The molecule has 10 heteroatoms. The first kappa shape index (κ1) is 21.3. The van der Waals surface area contributed by atoms with Gasteiger partial charge in [0.05, 0.1) is 43.2 Å². The molecule has 2 N–H and O–H groups in total.